The van der Waals surface area contributed by atoms with Crippen LogP contribution in [0.15, 0.2) is 30.3 Å². The molecular weight excluding hydrogens is 344 g/mol. The Morgan fingerprint density at radius 3 is 2.52 bits per heavy atom. The predicted octanol–water partition coefficient (Wildman–Crippen LogP) is 2.57. The quantitative estimate of drug-likeness (QED) is 0.698. The highest BCUT2D eigenvalue weighted by Crippen LogP contribution is 2.17. The van der Waals surface area contributed by atoms with Gasteiger partial charge >= 0.3 is 12.0 Å². The fraction of sp³-hybridized carbons (Fsp3) is 0.450. The molecule has 0 aliphatic rings. The van der Waals surface area contributed by atoms with Gasteiger partial charge in [0, 0.05) is 19.3 Å². The van der Waals surface area contributed by atoms with Crippen molar-refractivity contribution in [3.05, 3.63) is 52.8 Å². The van der Waals surface area contributed by atoms with Gasteiger partial charge in [-0.05, 0) is 38.3 Å². The van der Waals surface area contributed by atoms with E-state index in [0.29, 0.717) is 19.6 Å². The molecule has 27 heavy (non-hydrogen) atoms. The second-order valence-corrected chi connectivity index (χ2v) is 6.40. The molecule has 2 rings (SSSR count). The summed E-state index contributed by atoms with van der Waals surface area (Å²) in [6.07, 6.45) is 0.791. The summed E-state index contributed by atoms with van der Waals surface area (Å²) >= 11 is 0. The number of aryl methyl sites for hydroxylation is 2. The van der Waals surface area contributed by atoms with E-state index in [-0.39, 0.29) is 18.4 Å². The van der Waals surface area contributed by atoms with E-state index < -0.39 is 6.04 Å². The fourth-order valence-corrected chi connectivity index (χ4v) is 3.01. The Balaban J connectivity index is 1.93. The average Bonchev–Trinajstić information content (AvgIpc) is 2.88. The standard InChI is InChI=1S/C20H28N4O3/c1-5-27-19(25)13-18(16-9-7-6-8-10-16)22-20(26)21-12-11-17-14(2)23-24(4)15(17)3/h6-10,18H,5,11-13H2,1-4H3,(H2,21,22,26)/t18-/m0/s1. The van der Waals surface area contributed by atoms with E-state index in [2.05, 4.69) is 15.7 Å². The third-order valence-electron chi connectivity index (χ3n) is 4.50. The Hall–Kier alpha value is -2.83. The van der Waals surface area contributed by atoms with Crippen LogP contribution in [-0.4, -0.2) is 34.9 Å². The maximum absolute atomic E-state index is 12.3. The summed E-state index contributed by atoms with van der Waals surface area (Å²) < 4.78 is 6.87. The lowest BCUT2D eigenvalue weighted by atomic mass is 10.0. The Bertz CT molecular complexity index is 771. The summed E-state index contributed by atoms with van der Waals surface area (Å²) in [6.45, 7) is 6.54. The van der Waals surface area contributed by atoms with Gasteiger partial charge in [-0.15, -0.1) is 0 Å². The van der Waals surface area contributed by atoms with Gasteiger partial charge in [-0.2, -0.15) is 5.10 Å². The van der Waals surface area contributed by atoms with Crippen LogP contribution in [0.1, 0.15) is 41.9 Å². The lowest BCUT2D eigenvalue weighted by Crippen LogP contribution is -2.39. The predicted molar refractivity (Wildman–Crippen MR) is 103 cm³/mol. The van der Waals surface area contributed by atoms with Crippen molar-refractivity contribution >= 4 is 12.0 Å². The number of hydrogen-bond donors (Lipinski definition) is 2. The van der Waals surface area contributed by atoms with Gasteiger partial charge in [-0.25, -0.2) is 4.79 Å². The van der Waals surface area contributed by atoms with Crippen molar-refractivity contribution in [3.8, 4) is 0 Å². The Kier molecular flexibility index (Phi) is 7.40. The van der Waals surface area contributed by atoms with E-state index in [1.54, 1.807) is 6.92 Å². The minimum Gasteiger partial charge on any atom is -0.466 e. The van der Waals surface area contributed by atoms with Crippen LogP contribution in [0.25, 0.3) is 0 Å². The van der Waals surface area contributed by atoms with Gasteiger partial charge < -0.3 is 15.4 Å². The van der Waals surface area contributed by atoms with Crippen molar-refractivity contribution in [2.75, 3.05) is 13.2 Å². The number of rotatable bonds is 8. The molecule has 0 spiro atoms. The second-order valence-electron chi connectivity index (χ2n) is 6.40. The van der Waals surface area contributed by atoms with Crippen LogP contribution in [0.2, 0.25) is 0 Å². The molecule has 146 valence electrons. The largest absolute Gasteiger partial charge is 0.466 e. The first-order chi connectivity index (χ1) is 12.9. The Labute approximate surface area is 160 Å². The number of nitrogens with one attached hydrogen (secondary N) is 2. The normalized spacial score (nSPS) is 11.7. The zero-order valence-electron chi connectivity index (χ0n) is 16.4. The van der Waals surface area contributed by atoms with Gasteiger partial charge in [0.2, 0.25) is 0 Å². The van der Waals surface area contributed by atoms with Crippen LogP contribution in [0.3, 0.4) is 0 Å². The maximum atomic E-state index is 12.3. The minimum atomic E-state index is -0.438. The summed E-state index contributed by atoms with van der Waals surface area (Å²) in [4.78, 5) is 24.2. The minimum absolute atomic E-state index is 0.0894. The highest BCUT2D eigenvalue weighted by Gasteiger charge is 2.19. The molecule has 0 saturated heterocycles. The van der Waals surface area contributed by atoms with Gasteiger partial charge in [0.1, 0.15) is 0 Å². The number of ether oxygens (including phenoxy) is 1. The fourth-order valence-electron chi connectivity index (χ4n) is 3.01. The number of esters is 1. The van der Waals surface area contributed by atoms with Crippen molar-refractivity contribution in [2.24, 2.45) is 7.05 Å². The molecule has 1 aromatic carbocycles. The molecule has 0 bridgehead atoms. The van der Waals surface area contributed by atoms with Crippen LogP contribution >= 0.6 is 0 Å². The van der Waals surface area contributed by atoms with Gasteiger partial charge in [0.05, 0.1) is 24.8 Å². The van der Waals surface area contributed by atoms with Crippen LogP contribution in [0.4, 0.5) is 4.79 Å². The molecular formula is C20H28N4O3. The summed E-state index contributed by atoms with van der Waals surface area (Å²) in [5.41, 5.74) is 4.07. The van der Waals surface area contributed by atoms with E-state index in [0.717, 1.165) is 22.5 Å². The summed E-state index contributed by atoms with van der Waals surface area (Å²) in [5, 5.41) is 10.1. The number of aromatic nitrogens is 2. The van der Waals surface area contributed by atoms with Crippen molar-refractivity contribution in [1.29, 1.82) is 0 Å². The number of carbonyl (C=O) groups excluding carboxylic acids is 2. The van der Waals surface area contributed by atoms with E-state index in [1.165, 1.54) is 0 Å². The highest BCUT2D eigenvalue weighted by molar-refractivity contribution is 5.76. The van der Waals surface area contributed by atoms with E-state index in [9.17, 15) is 9.59 Å². The third-order valence-corrected chi connectivity index (χ3v) is 4.50. The lowest BCUT2D eigenvalue weighted by Gasteiger charge is -2.19. The Morgan fingerprint density at radius 1 is 1.22 bits per heavy atom. The van der Waals surface area contributed by atoms with E-state index in [4.69, 9.17) is 4.74 Å². The monoisotopic (exact) mass is 372 g/mol. The molecule has 7 nitrogen and oxygen atoms in total. The molecule has 2 aromatic rings. The number of amides is 2. The van der Waals surface area contributed by atoms with Gasteiger partial charge in [0.15, 0.2) is 0 Å². The first-order valence-electron chi connectivity index (χ1n) is 9.16. The molecule has 0 saturated carbocycles. The van der Waals surface area contributed by atoms with Crippen molar-refractivity contribution in [2.45, 2.75) is 39.7 Å². The molecule has 2 N–H and O–H groups in total. The van der Waals surface area contributed by atoms with E-state index in [1.807, 2.05) is 55.9 Å². The summed E-state index contributed by atoms with van der Waals surface area (Å²) in [6, 6.07) is 8.66. The summed E-state index contributed by atoms with van der Waals surface area (Å²) in [5.74, 6) is -0.340. The van der Waals surface area contributed by atoms with Gasteiger partial charge in [-0.3, -0.25) is 9.48 Å². The topological polar surface area (TPSA) is 85.2 Å². The molecule has 0 radical (unpaired) electrons. The second kappa shape index (κ2) is 9.75. The molecule has 0 aliphatic carbocycles. The first-order valence-corrected chi connectivity index (χ1v) is 9.16. The van der Waals surface area contributed by atoms with Crippen molar-refractivity contribution in [1.82, 2.24) is 20.4 Å². The average molecular weight is 372 g/mol. The number of urea groups is 1. The lowest BCUT2D eigenvalue weighted by molar-refractivity contribution is -0.143. The number of benzene rings is 1. The maximum Gasteiger partial charge on any atom is 0.315 e. The zero-order chi connectivity index (χ0) is 19.8. The molecule has 0 aliphatic heterocycles. The summed E-state index contributed by atoms with van der Waals surface area (Å²) in [7, 11) is 1.91. The van der Waals surface area contributed by atoms with Gasteiger partial charge in [0.25, 0.3) is 0 Å². The highest BCUT2D eigenvalue weighted by atomic mass is 16.5. The van der Waals surface area contributed by atoms with Crippen LogP contribution in [0, 0.1) is 13.8 Å². The SMILES string of the molecule is CCOC(=O)C[C@H](NC(=O)NCCc1c(C)nn(C)c1C)c1ccccc1. The smallest absolute Gasteiger partial charge is 0.315 e. The molecule has 7 heteroatoms. The van der Waals surface area contributed by atoms with Crippen LogP contribution in [-0.2, 0) is 23.0 Å². The number of carbonyl (C=O) groups is 2. The molecule has 0 fully saturated rings. The molecule has 1 atom stereocenters. The molecule has 0 unspecified atom stereocenters. The first kappa shape index (κ1) is 20.5. The van der Waals surface area contributed by atoms with E-state index >= 15 is 0 Å². The number of hydrogen-bond acceptors (Lipinski definition) is 4. The Morgan fingerprint density at radius 2 is 1.93 bits per heavy atom. The number of nitrogens with zero attached hydrogens (tertiary/aromatic N) is 2. The zero-order valence-corrected chi connectivity index (χ0v) is 16.4. The van der Waals surface area contributed by atoms with Crippen LogP contribution in [0.5, 0.6) is 0 Å². The molecule has 2 amide bonds. The van der Waals surface area contributed by atoms with Crippen molar-refractivity contribution < 1.29 is 14.3 Å². The third kappa shape index (κ3) is 5.84. The molecule has 1 heterocycles. The van der Waals surface area contributed by atoms with Crippen molar-refractivity contribution in [3.63, 3.8) is 0 Å². The molecule has 1 aromatic heterocycles. The van der Waals surface area contributed by atoms with Crippen LogP contribution < -0.4 is 10.6 Å². The van der Waals surface area contributed by atoms with Gasteiger partial charge in [-0.1, -0.05) is 30.3 Å².